The standard InChI is InChI=1S/C11H9Cl2N3O/c1-16-10(5-9(15-16)11(14)17)7-4-6(12)2-3-8(7)13/h2-5H,1H3,(H2,14,17). The van der Waals surface area contributed by atoms with Gasteiger partial charge in [0.1, 0.15) is 0 Å². The van der Waals surface area contributed by atoms with Gasteiger partial charge in [-0.3, -0.25) is 9.48 Å². The second-order valence-corrected chi connectivity index (χ2v) is 4.37. The first-order valence-electron chi connectivity index (χ1n) is 4.78. The number of carbonyl (C=O) groups is 1. The Morgan fingerprint density at radius 2 is 2.06 bits per heavy atom. The molecule has 0 radical (unpaired) electrons. The van der Waals surface area contributed by atoms with Crippen molar-refractivity contribution in [1.82, 2.24) is 9.78 Å². The van der Waals surface area contributed by atoms with Crippen molar-refractivity contribution in [1.29, 1.82) is 0 Å². The van der Waals surface area contributed by atoms with Crippen molar-refractivity contribution >= 4 is 29.1 Å². The van der Waals surface area contributed by atoms with Crippen molar-refractivity contribution in [2.45, 2.75) is 0 Å². The second-order valence-electron chi connectivity index (χ2n) is 3.53. The van der Waals surface area contributed by atoms with Crippen LogP contribution >= 0.6 is 23.2 Å². The highest BCUT2D eigenvalue weighted by atomic mass is 35.5. The zero-order chi connectivity index (χ0) is 12.6. The number of carbonyl (C=O) groups excluding carboxylic acids is 1. The number of nitrogens with two attached hydrogens (primary N) is 1. The Morgan fingerprint density at radius 3 is 2.65 bits per heavy atom. The highest BCUT2D eigenvalue weighted by Gasteiger charge is 2.13. The molecule has 2 N–H and O–H groups in total. The molecule has 0 saturated carbocycles. The van der Waals surface area contributed by atoms with Gasteiger partial charge < -0.3 is 5.73 Å². The number of rotatable bonds is 2. The quantitative estimate of drug-likeness (QED) is 0.911. The molecule has 0 saturated heterocycles. The van der Waals surface area contributed by atoms with E-state index in [2.05, 4.69) is 5.10 Å². The SMILES string of the molecule is Cn1nc(C(N)=O)cc1-c1cc(Cl)ccc1Cl. The fourth-order valence-electron chi connectivity index (χ4n) is 1.53. The number of hydrogen-bond acceptors (Lipinski definition) is 2. The molecule has 1 aromatic carbocycles. The maximum Gasteiger partial charge on any atom is 0.269 e. The van der Waals surface area contributed by atoms with Crippen molar-refractivity contribution < 1.29 is 4.79 Å². The second kappa shape index (κ2) is 4.39. The van der Waals surface area contributed by atoms with Crippen LogP contribution in [-0.2, 0) is 7.05 Å². The van der Waals surface area contributed by atoms with Gasteiger partial charge in [0.25, 0.3) is 5.91 Å². The van der Waals surface area contributed by atoms with E-state index >= 15 is 0 Å². The molecule has 0 atom stereocenters. The largest absolute Gasteiger partial charge is 0.364 e. The summed E-state index contributed by atoms with van der Waals surface area (Å²) in [7, 11) is 1.71. The molecule has 1 amide bonds. The van der Waals surface area contributed by atoms with E-state index in [4.69, 9.17) is 28.9 Å². The van der Waals surface area contributed by atoms with Gasteiger partial charge in [-0.1, -0.05) is 23.2 Å². The number of benzene rings is 1. The summed E-state index contributed by atoms with van der Waals surface area (Å²) in [5.41, 5.74) is 6.76. The molecule has 6 heteroatoms. The van der Waals surface area contributed by atoms with Gasteiger partial charge in [0, 0.05) is 17.6 Å². The molecule has 2 aromatic rings. The molecule has 0 aliphatic carbocycles. The number of aryl methyl sites for hydroxylation is 1. The van der Waals surface area contributed by atoms with Crippen LogP contribution in [0.3, 0.4) is 0 Å². The summed E-state index contributed by atoms with van der Waals surface area (Å²) in [6.07, 6.45) is 0. The van der Waals surface area contributed by atoms with Gasteiger partial charge in [-0.2, -0.15) is 5.10 Å². The van der Waals surface area contributed by atoms with Crippen LogP contribution in [0, 0.1) is 0 Å². The molecule has 0 bridgehead atoms. The Hall–Kier alpha value is -1.52. The van der Waals surface area contributed by atoms with E-state index in [-0.39, 0.29) is 5.69 Å². The van der Waals surface area contributed by atoms with Crippen molar-refractivity contribution in [2.75, 3.05) is 0 Å². The summed E-state index contributed by atoms with van der Waals surface area (Å²) in [6, 6.07) is 6.68. The number of halogens is 2. The number of amides is 1. The van der Waals surface area contributed by atoms with Crippen LogP contribution in [0.15, 0.2) is 24.3 Å². The molecule has 1 heterocycles. The van der Waals surface area contributed by atoms with E-state index in [1.54, 1.807) is 31.3 Å². The van der Waals surface area contributed by atoms with Gasteiger partial charge in [0.15, 0.2) is 5.69 Å². The molecule has 1 aromatic heterocycles. The predicted octanol–water partition coefficient (Wildman–Crippen LogP) is 2.49. The van der Waals surface area contributed by atoms with E-state index in [1.165, 1.54) is 4.68 Å². The third-order valence-corrected chi connectivity index (χ3v) is 2.90. The first-order valence-corrected chi connectivity index (χ1v) is 5.54. The van der Waals surface area contributed by atoms with Gasteiger partial charge in [-0.25, -0.2) is 0 Å². The van der Waals surface area contributed by atoms with Crippen LogP contribution in [0.2, 0.25) is 10.0 Å². The van der Waals surface area contributed by atoms with Crippen LogP contribution in [0.1, 0.15) is 10.5 Å². The Kier molecular flexibility index (Phi) is 3.09. The lowest BCUT2D eigenvalue weighted by atomic mass is 10.1. The van der Waals surface area contributed by atoms with Crippen LogP contribution < -0.4 is 5.73 Å². The molecule has 0 spiro atoms. The van der Waals surface area contributed by atoms with E-state index in [1.807, 2.05) is 0 Å². The Labute approximate surface area is 108 Å². The molecule has 0 aliphatic heterocycles. The summed E-state index contributed by atoms with van der Waals surface area (Å²) in [5.74, 6) is -0.579. The summed E-state index contributed by atoms with van der Waals surface area (Å²) in [5, 5.41) is 5.09. The van der Waals surface area contributed by atoms with E-state index in [0.717, 1.165) is 0 Å². The smallest absolute Gasteiger partial charge is 0.269 e. The summed E-state index contributed by atoms with van der Waals surface area (Å²) >= 11 is 12.0. The lowest BCUT2D eigenvalue weighted by Gasteiger charge is -2.04. The highest BCUT2D eigenvalue weighted by Crippen LogP contribution is 2.30. The van der Waals surface area contributed by atoms with Gasteiger partial charge in [-0.15, -0.1) is 0 Å². The van der Waals surface area contributed by atoms with Gasteiger partial charge in [0.05, 0.1) is 10.7 Å². The molecular weight excluding hydrogens is 261 g/mol. The van der Waals surface area contributed by atoms with Crippen molar-refractivity contribution in [2.24, 2.45) is 12.8 Å². The average Bonchev–Trinajstić information content (AvgIpc) is 2.64. The summed E-state index contributed by atoms with van der Waals surface area (Å²) in [4.78, 5) is 11.0. The lowest BCUT2D eigenvalue weighted by molar-refractivity contribution is 0.0995. The minimum atomic E-state index is -0.579. The Bertz CT molecular complexity index is 592. The highest BCUT2D eigenvalue weighted by molar-refractivity contribution is 6.35. The topological polar surface area (TPSA) is 60.9 Å². The number of aromatic nitrogens is 2. The fourth-order valence-corrected chi connectivity index (χ4v) is 1.92. The number of hydrogen-bond donors (Lipinski definition) is 1. The van der Waals surface area contributed by atoms with Crippen LogP contribution in [0.25, 0.3) is 11.3 Å². The van der Waals surface area contributed by atoms with Crippen molar-refractivity contribution in [3.63, 3.8) is 0 Å². The average molecular weight is 270 g/mol. The zero-order valence-electron chi connectivity index (χ0n) is 8.95. The maximum atomic E-state index is 11.0. The molecule has 2 rings (SSSR count). The monoisotopic (exact) mass is 269 g/mol. The number of nitrogens with zero attached hydrogens (tertiary/aromatic N) is 2. The molecule has 0 unspecified atom stereocenters. The molecule has 0 fully saturated rings. The Balaban J connectivity index is 2.60. The maximum absolute atomic E-state index is 11.0. The molecule has 4 nitrogen and oxygen atoms in total. The lowest BCUT2D eigenvalue weighted by Crippen LogP contribution is -2.11. The predicted molar refractivity (Wildman–Crippen MR) is 67.2 cm³/mol. The van der Waals surface area contributed by atoms with Gasteiger partial charge >= 0.3 is 0 Å². The van der Waals surface area contributed by atoms with Gasteiger partial charge in [-0.05, 0) is 24.3 Å². The Morgan fingerprint density at radius 1 is 1.35 bits per heavy atom. The first kappa shape index (κ1) is 12.0. The van der Waals surface area contributed by atoms with Crippen LogP contribution in [0.5, 0.6) is 0 Å². The van der Waals surface area contributed by atoms with Crippen molar-refractivity contribution in [3.05, 3.63) is 40.0 Å². The molecule has 0 aliphatic rings. The zero-order valence-corrected chi connectivity index (χ0v) is 10.5. The summed E-state index contributed by atoms with van der Waals surface area (Å²) < 4.78 is 1.54. The third kappa shape index (κ3) is 2.28. The van der Waals surface area contributed by atoms with Crippen LogP contribution in [-0.4, -0.2) is 15.7 Å². The third-order valence-electron chi connectivity index (χ3n) is 2.34. The molecular formula is C11H9Cl2N3O. The van der Waals surface area contributed by atoms with E-state index < -0.39 is 5.91 Å². The first-order chi connectivity index (χ1) is 7.99. The summed E-state index contributed by atoms with van der Waals surface area (Å²) in [6.45, 7) is 0. The van der Waals surface area contributed by atoms with Gasteiger partial charge in [0.2, 0.25) is 0 Å². The van der Waals surface area contributed by atoms with Crippen molar-refractivity contribution in [3.8, 4) is 11.3 Å². The normalized spacial score (nSPS) is 10.5. The fraction of sp³-hybridized carbons (Fsp3) is 0.0909. The molecule has 17 heavy (non-hydrogen) atoms. The van der Waals surface area contributed by atoms with Crippen LogP contribution in [0.4, 0.5) is 0 Å². The van der Waals surface area contributed by atoms with E-state index in [0.29, 0.717) is 21.3 Å². The molecule has 88 valence electrons. The number of primary amides is 1. The minimum absolute atomic E-state index is 0.193. The van der Waals surface area contributed by atoms with E-state index in [9.17, 15) is 4.79 Å². The minimum Gasteiger partial charge on any atom is -0.364 e.